The van der Waals surface area contributed by atoms with Crippen LogP contribution in [0.15, 0.2) is 12.2 Å². The van der Waals surface area contributed by atoms with Crippen molar-refractivity contribution in [1.29, 1.82) is 0 Å². The second kappa shape index (κ2) is 6.57. The number of hydrogen-bond acceptors (Lipinski definition) is 5. The predicted molar refractivity (Wildman–Crippen MR) is 101 cm³/mol. The van der Waals surface area contributed by atoms with E-state index in [1.54, 1.807) is 0 Å². The highest BCUT2D eigenvalue weighted by atomic mass is 16.6. The third kappa shape index (κ3) is 2.80. The Morgan fingerprint density at radius 2 is 1.85 bits per heavy atom. The van der Waals surface area contributed by atoms with Crippen LogP contribution in [-0.4, -0.2) is 46.2 Å². The number of esters is 1. The van der Waals surface area contributed by atoms with Crippen LogP contribution in [0.3, 0.4) is 0 Å². The summed E-state index contributed by atoms with van der Waals surface area (Å²) in [4.78, 5) is 11.5. The Morgan fingerprint density at radius 3 is 2.56 bits per heavy atom. The molecule has 9 atom stereocenters. The average molecular weight is 379 g/mol. The van der Waals surface area contributed by atoms with Crippen LogP contribution in [0.25, 0.3) is 0 Å². The van der Waals surface area contributed by atoms with Gasteiger partial charge in [0, 0.05) is 5.41 Å². The number of ether oxygens (including phenoxy) is 1. The molecule has 0 aromatic rings. The SMILES string of the molecule is C=C1CC2C3C(CC[C@]2(C)[C@H]1O)[C@@]1(C)CC[C@H](OC(=O)CO)C[C@H]1C[C@@H]3O. The molecule has 0 aromatic heterocycles. The standard InChI is InChI=1S/C22H34O5/c1-12-8-16-19-15(5-7-22(16,3)20(12)26)21(2)6-4-14(27-18(25)11-23)9-13(21)10-17(19)24/h13-17,19-20,23-24,26H,1,4-11H2,2-3H3/t13-,14-,15?,16?,17-,19?,20-,21-,22-/m0/s1. The summed E-state index contributed by atoms with van der Waals surface area (Å²) in [6, 6.07) is 0. The Bertz CT molecular complexity index is 632. The molecular weight excluding hydrogens is 344 g/mol. The summed E-state index contributed by atoms with van der Waals surface area (Å²) < 4.78 is 5.40. The molecule has 4 rings (SSSR count). The summed E-state index contributed by atoms with van der Waals surface area (Å²) in [5.74, 6) is 0.742. The van der Waals surface area contributed by atoms with Gasteiger partial charge in [-0.15, -0.1) is 0 Å². The molecule has 4 aliphatic rings. The summed E-state index contributed by atoms with van der Waals surface area (Å²) in [6.45, 7) is 8.09. The van der Waals surface area contributed by atoms with E-state index in [1.165, 1.54) is 0 Å². The Hall–Kier alpha value is -0.910. The molecule has 4 fully saturated rings. The van der Waals surface area contributed by atoms with E-state index in [2.05, 4.69) is 20.4 Å². The molecule has 5 nitrogen and oxygen atoms in total. The summed E-state index contributed by atoms with van der Waals surface area (Å²) in [6.07, 6.45) is 5.21. The Kier molecular flexibility index (Phi) is 4.72. The normalized spacial score (nSPS) is 51.9. The fourth-order valence-electron chi connectivity index (χ4n) is 7.45. The van der Waals surface area contributed by atoms with Gasteiger partial charge in [-0.3, -0.25) is 0 Å². The van der Waals surface area contributed by atoms with Gasteiger partial charge in [-0.05, 0) is 79.6 Å². The fraction of sp³-hybridized carbons (Fsp3) is 0.864. The van der Waals surface area contributed by atoms with Gasteiger partial charge in [0.15, 0.2) is 0 Å². The van der Waals surface area contributed by atoms with Gasteiger partial charge in [0.2, 0.25) is 0 Å². The van der Waals surface area contributed by atoms with Gasteiger partial charge in [-0.1, -0.05) is 20.4 Å². The molecule has 3 unspecified atom stereocenters. The number of fused-ring (bicyclic) bond motifs is 5. The van der Waals surface area contributed by atoms with Crippen molar-refractivity contribution in [2.24, 2.45) is 34.5 Å². The van der Waals surface area contributed by atoms with Crippen LogP contribution in [0.4, 0.5) is 0 Å². The maximum absolute atomic E-state index is 11.5. The van der Waals surface area contributed by atoms with Crippen molar-refractivity contribution in [3.05, 3.63) is 12.2 Å². The van der Waals surface area contributed by atoms with E-state index in [0.717, 1.165) is 50.5 Å². The van der Waals surface area contributed by atoms with Gasteiger partial charge < -0.3 is 20.1 Å². The summed E-state index contributed by atoms with van der Waals surface area (Å²) in [5.41, 5.74) is 0.917. The summed E-state index contributed by atoms with van der Waals surface area (Å²) in [5, 5.41) is 30.8. The van der Waals surface area contributed by atoms with Crippen LogP contribution in [0.5, 0.6) is 0 Å². The molecule has 0 amide bonds. The second-order valence-electron chi connectivity index (χ2n) is 10.1. The molecule has 27 heavy (non-hydrogen) atoms. The average Bonchev–Trinajstić information content (AvgIpc) is 2.86. The van der Waals surface area contributed by atoms with E-state index in [-0.39, 0.29) is 29.0 Å². The topological polar surface area (TPSA) is 87.0 Å². The first-order chi connectivity index (χ1) is 12.7. The fourth-order valence-corrected chi connectivity index (χ4v) is 7.45. The minimum atomic E-state index is -0.571. The van der Waals surface area contributed by atoms with Crippen LogP contribution in [0.2, 0.25) is 0 Å². The van der Waals surface area contributed by atoms with Crippen molar-refractivity contribution >= 4 is 5.97 Å². The van der Waals surface area contributed by atoms with E-state index in [4.69, 9.17) is 9.84 Å². The predicted octanol–water partition coefficient (Wildman–Crippen LogP) is 2.43. The van der Waals surface area contributed by atoms with E-state index < -0.39 is 18.7 Å². The van der Waals surface area contributed by atoms with Crippen molar-refractivity contribution in [1.82, 2.24) is 0 Å². The zero-order valence-corrected chi connectivity index (χ0v) is 16.6. The van der Waals surface area contributed by atoms with Gasteiger partial charge in [-0.25, -0.2) is 4.79 Å². The quantitative estimate of drug-likeness (QED) is 0.507. The number of rotatable bonds is 2. The highest BCUT2D eigenvalue weighted by Crippen LogP contribution is 2.66. The molecule has 0 bridgehead atoms. The monoisotopic (exact) mass is 378 g/mol. The maximum atomic E-state index is 11.5. The number of aliphatic hydroxyl groups excluding tert-OH is 3. The highest BCUT2D eigenvalue weighted by molar-refractivity contribution is 5.70. The summed E-state index contributed by atoms with van der Waals surface area (Å²) in [7, 11) is 0. The lowest BCUT2D eigenvalue weighted by Gasteiger charge is -2.61. The van der Waals surface area contributed by atoms with Crippen LogP contribution >= 0.6 is 0 Å². The maximum Gasteiger partial charge on any atom is 0.332 e. The first-order valence-electron chi connectivity index (χ1n) is 10.5. The molecule has 0 aromatic carbocycles. The molecule has 4 aliphatic carbocycles. The van der Waals surface area contributed by atoms with E-state index in [0.29, 0.717) is 17.8 Å². The number of carbonyl (C=O) groups is 1. The third-order valence-corrected chi connectivity index (χ3v) is 8.99. The van der Waals surface area contributed by atoms with E-state index >= 15 is 0 Å². The van der Waals surface area contributed by atoms with Crippen LogP contribution in [0.1, 0.15) is 58.8 Å². The molecular formula is C22H34O5. The van der Waals surface area contributed by atoms with Crippen molar-refractivity contribution < 1.29 is 24.9 Å². The lowest BCUT2D eigenvalue weighted by atomic mass is 9.44. The number of carbonyl (C=O) groups excluding carboxylic acids is 1. The lowest BCUT2D eigenvalue weighted by Crippen LogP contribution is -2.59. The molecule has 0 radical (unpaired) electrons. The van der Waals surface area contributed by atoms with Gasteiger partial charge >= 0.3 is 5.97 Å². The van der Waals surface area contributed by atoms with Crippen molar-refractivity contribution in [2.75, 3.05) is 6.61 Å². The Labute approximate surface area is 161 Å². The highest BCUT2D eigenvalue weighted by Gasteiger charge is 2.63. The van der Waals surface area contributed by atoms with Gasteiger partial charge in [0.05, 0.1) is 12.2 Å². The molecule has 4 saturated carbocycles. The largest absolute Gasteiger partial charge is 0.461 e. The first-order valence-corrected chi connectivity index (χ1v) is 10.5. The third-order valence-electron chi connectivity index (χ3n) is 8.99. The minimum absolute atomic E-state index is 0.141. The van der Waals surface area contributed by atoms with E-state index in [1.807, 2.05) is 0 Å². The van der Waals surface area contributed by atoms with Crippen molar-refractivity contribution in [3.63, 3.8) is 0 Å². The number of aliphatic hydroxyl groups is 3. The second-order valence-corrected chi connectivity index (χ2v) is 10.1. The van der Waals surface area contributed by atoms with Crippen LogP contribution < -0.4 is 0 Å². The van der Waals surface area contributed by atoms with Crippen molar-refractivity contribution in [3.8, 4) is 0 Å². The smallest absolute Gasteiger partial charge is 0.332 e. The van der Waals surface area contributed by atoms with E-state index in [9.17, 15) is 15.0 Å². The van der Waals surface area contributed by atoms with Crippen LogP contribution in [-0.2, 0) is 9.53 Å². The molecule has 5 heteroatoms. The lowest BCUT2D eigenvalue weighted by molar-refractivity contribution is -0.185. The first kappa shape index (κ1) is 19.4. The van der Waals surface area contributed by atoms with Gasteiger partial charge in [0.1, 0.15) is 12.7 Å². The molecule has 0 heterocycles. The molecule has 0 aliphatic heterocycles. The number of hydrogen-bond donors (Lipinski definition) is 3. The Balaban J connectivity index is 1.57. The van der Waals surface area contributed by atoms with Crippen molar-refractivity contribution in [2.45, 2.75) is 77.1 Å². The zero-order valence-electron chi connectivity index (χ0n) is 16.6. The zero-order chi connectivity index (χ0) is 19.6. The molecule has 0 saturated heterocycles. The molecule has 0 spiro atoms. The van der Waals surface area contributed by atoms with Crippen LogP contribution in [0, 0.1) is 34.5 Å². The molecule has 3 N–H and O–H groups in total. The minimum Gasteiger partial charge on any atom is -0.461 e. The summed E-state index contributed by atoms with van der Waals surface area (Å²) >= 11 is 0. The van der Waals surface area contributed by atoms with Gasteiger partial charge in [0.25, 0.3) is 0 Å². The molecule has 152 valence electrons. The Morgan fingerprint density at radius 1 is 1.15 bits per heavy atom. The van der Waals surface area contributed by atoms with Gasteiger partial charge in [-0.2, -0.15) is 0 Å².